The van der Waals surface area contributed by atoms with Crippen molar-refractivity contribution >= 4 is 23.1 Å². The van der Waals surface area contributed by atoms with Gasteiger partial charge in [-0.1, -0.05) is 17.7 Å². The molecule has 0 aliphatic carbocycles. The van der Waals surface area contributed by atoms with E-state index in [9.17, 15) is 0 Å². The lowest BCUT2D eigenvalue weighted by Gasteiger charge is -2.20. The summed E-state index contributed by atoms with van der Waals surface area (Å²) in [6.45, 7) is 0.740. The fraction of sp³-hybridized carbons (Fsp3) is 0.143. The average molecular weight is 275 g/mol. The fourth-order valence-electron chi connectivity index (χ4n) is 1.82. The largest absolute Gasteiger partial charge is 0.384 e. The van der Waals surface area contributed by atoms with Crippen LogP contribution >= 0.6 is 11.6 Å². The third-order valence-electron chi connectivity index (χ3n) is 2.83. The van der Waals surface area contributed by atoms with E-state index in [4.69, 9.17) is 22.7 Å². The van der Waals surface area contributed by atoms with Gasteiger partial charge in [0.25, 0.3) is 0 Å². The van der Waals surface area contributed by atoms with Crippen LogP contribution in [0.25, 0.3) is 0 Å². The predicted molar refractivity (Wildman–Crippen MR) is 78.8 cm³/mol. The van der Waals surface area contributed by atoms with Crippen LogP contribution in [0.15, 0.2) is 42.7 Å². The average Bonchev–Trinajstić information content (AvgIpc) is 2.39. The zero-order chi connectivity index (χ0) is 13.8. The van der Waals surface area contributed by atoms with Crippen LogP contribution in [-0.2, 0) is 6.54 Å². The molecule has 1 aromatic carbocycles. The van der Waals surface area contributed by atoms with Gasteiger partial charge >= 0.3 is 0 Å². The first-order valence-corrected chi connectivity index (χ1v) is 6.19. The van der Waals surface area contributed by atoms with Crippen molar-refractivity contribution in [2.75, 3.05) is 11.9 Å². The van der Waals surface area contributed by atoms with Crippen molar-refractivity contribution in [3.8, 4) is 0 Å². The summed E-state index contributed by atoms with van der Waals surface area (Å²) in [4.78, 5) is 6.15. The summed E-state index contributed by atoms with van der Waals surface area (Å²) in [5, 5.41) is 7.89. The molecule has 1 aromatic heterocycles. The van der Waals surface area contributed by atoms with Crippen LogP contribution in [0.1, 0.15) is 11.1 Å². The molecule has 98 valence electrons. The van der Waals surface area contributed by atoms with Gasteiger partial charge < -0.3 is 10.6 Å². The highest BCUT2D eigenvalue weighted by molar-refractivity contribution is 6.34. The number of aromatic nitrogens is 1. The summed E-state index contributed by atoms with van der Waals surface area (Å²) in [5.74, 6) is -0.0218. The van der Waals surface area contributed by atoms with Crippen molar-refractivity contribution in [2.45, 2.75) is 6.54 Å². The molecule has 0 unspecified atom stereocenters. The molecule has 3 N–H and O–H groups in total. The normalized spacial score (nSPS) is 10.2. The quantitative estimate of drug-likeness (QED) is 0.665. The van der Waals surface area contributed by atoms with Gasteiger partial charge in [0.15, 0.2) is 0 Å². The number of halogens is 1. The Hall–Kier alpha value is -2.07. The molecule has 0 saturated carbocycles. The summed E-state index contributed by atoms with van der Waals surface area (Å²) in [6, 6.07) is 9.41. The van der Waals surface area contributed by atoms with E-state index in [1.54, 1.807) is 12.3 Å². The van der Waals surface area contributed by atoms with Gasteiger partial charge in [0.05, 0.1) is 5.02 Å². The maximum Gasteiger partial charge on any atom is 0.124 e. The first-order chi connectivity index (χ1) is 9.08. The zero-order valence-electron chi connectivity index (χ0n) is 10.6. The van der Waals surface area contributed by atoms with Crippen molar-refractivity contribution in [3.63, 3.8) is 0 Å². The Kier molecular flexibility index (Phi) is 4.02. The molecular formula is C14H15ClN4. The van der Waals surface area contributed by atoms with E-state index in [2.05, 4.69) is 9.88 Å². The van der Waals surface area contributed by atoms with Crippen LogP contribution in [0.2, 0.25) is 5.02 Å². The maximum atomic E-state index is 7.40. The molecule has 5 heteroatoms. The molecule has 0 aliphatic rings. The number of benzene rings is 1. The Morgan fingerprint density at radius 1 is 1.42 bits per heavy atom. The number of hydrogen-bond donors (Lipinski definition) is 2. The van der Waals surface area contributed by atoms with Gasteiger partial charge in [-0.3, -0.25) is 10.4 Å². The smallest absolute Gasteiger partial charge is 0.124 e. The lowest BCUT2D eigenvalue weighted by Crippen LogP contribution is -2.17. The van der Waals surface area contributed by atoms with E-state index < -0.39 is 0 Å². The number of nitrogens with two attached hydrogens (primary N) is 1. The van der Waals surface area contributed by atoms with Crippen LogP contribution in [0.3, 0.4) is 0 Å². The van der Waals surface area contributed by atoms with E-state index in [0.717, 1.165) is 17.8 Å². The van der Waals surface area contributed by atoms with E-state index in [0.29, 0.717) is 10.6 Å². The Labute approximate surface area is 117 Å². The van der Waals surface area contributed by atoms with Crippen LogP contribution in [-0.4, -0.2) is 17.9 Å². The highest BCUT2D eigenvalue weighted by Gasteiger charge is 2.07. The molecule has 0 saturated heterocycles. The van der Waals surface area contributed by atoms with E-state index >= 15 is 0 Å². The molecule has 19 heavy (non-hydrogen) atoms. The SMILES string of the molecule is CN(Cc1cccnc1)c1ccc(C(=N)N)c(Cl)c1. The number of rotatable bonds is 4. The van der Waals surface area contributed by atoms with E-state index in [-0.39, 0.29) is 5.84 Å². The molecule has 0 bridgehead atoms. The standard InChI is InChI=1S/C14H15ClN4/c1-19(9-10-3-2-6-18-8-10)11-4-5-12(14(16)17)13(15)7-11/h2-8H,9H2,1H3,(H3,16,17). The second-order valence-electron chi connectivity index (χ2n) is 4.30. The van der Waals surface area contributed by atoms with Crippen LogP contribution in [0.4, 0.5) is 5.69 Å². The topological polar surface area (TPSA) is 66.0 Å². The second-order valence-corrected chi connectivity index (χ2v) is 4.70. The molecule has 2 aromatic rings. The monoisotopic (exact) mass is 274 g/mol. The fourth-order valence-corrected chi connectivity index (χ4v) is 2.09. The molecule has 0 radical (unpaired) electrons. The van der Waals surface area contributed by atoms with Crippen molar-refractivity contribution in [3.05, 3.63) is 58.9 Å². The first-order valence-electron chi connectivity index (χ1n) is 5.82. The third-order valence-corrected chi connectivity index (χ3v) is 3.14. The minimum atomic E-state index is -0.0218. The van der Waals surface area contributed by atoms with Crippen molar-refractivity contribution < 1.29 is 0 Å². The summed E-state index contributed by atoms with van der Waals surface area (Å²) in [6.07, 6.45) is 3.59. The van der Waals surface area contributed by atoms with Gasteiger partial charge in [0.2, 0.25) is 0 Å². The number of nitrogens with zero attached hydrogens (tertiary/aromatic N) is 2. The predicted octanol–water partition coefficient (Wildman–Crippen LogP) is 2.66. The molecule has 0 aliphatic heterocycles. The lowest BCUT2D eigenvalue weighted by molar-refractivity contribution is 0.915. The third kappa shape index (κ3) is 3.23. The van der Waals surface area contributed by atoms with Gasteiger partial charge in [-0.15, -0.1) is 0 Å². The van der Waals surface area contributed by atoms with Crippen LogP contribution < -0.4 is 10.6 Å². The van der Waals surface area contributed by atoms with E-state index in [1.807, 2.05) is 37.5 Å². The van der Waals surface area contributed by atoms with Crippen molar-refractivity contribution in [1.29, 1.82) is 5.41 Å². The second kappa shape index (κ2) is 5.71. The summed E-state index contributed by atoms with van der Waals surface area (Å²) in [5.41, 5.74) is 8.09. The maximum absolute atomic E-state index is 7.40. The van der Waals surface area contributed by atoms with Crippen LogP contribution in [0.5, 0.6) is 0 Å². The minimum Gasteiger partial charge on any atom is -0.384 e. The first kappa shape index (κ1) is 13.4. The Balaban J connectivity index is 2.18. The summed E-state index contributed by atoms with van der Waals surface area (Å²) < 4.78 is 0. The number of hydrogen-bond acceptors (Lipinski definition) is 3. The Morgan fingerprint density at radius 3 is 2.79 bits per heavy atom. The van der Waals surface area contributed by atoms with Crippen LogP contribution in [0, 0.1) is 5.41 Å². The number of anilines is 1. The summed E-state index contributed by atoms with van der Waals surface area (Å²) in [7, 11) is 1.98. The molecule has 0 spiro atoms. The zero-order valence-corrected chi connectivity index (χ0v) is 11.4. The molecule has 1 heterocycles. The highest BCUT2D eigenvalue weighted by atomic mass is 35.5. The molecule has 0 fully saturated rings. The molecule has 0 amide bonds. The Bertz CT molecular complexity index is 583. The molecule has 4 nitrogen and oxygen atoms in total. The number of nitrogen functional groups attached to an aromatic ring is 1. The van der Waals surface area contributed by atoms with Gasteiger partial charge in [0.1, 0.15) is 5.84 Å². The number of amidine groups is 1. The van der Waals surface area contributed by atoms with E-state index in [1.165, 1.54) is 0 Å². The summed E-state index contributed by atoms with van der Waals surface area (Å²) >= 11 is 6.11. The van der Waals surface area contributed by atoms with Crippen molar-refractivity contribution in [2.24, 2.45) is 5.73 Å². The molecule has 2 rings (SSSR count). The number of pyridine rings is 1. The molecular weight excluding hydrogens is 260 g/mol. The minimum absolute atomic E-state index is 0.0218. The van der Waals surface area contributed by atoms with Gasteiger partial charge in [-0.25, -0.2) is 0 Å². The van der Waals surface area contributed by atoms with Crippen molar-refractivity contribution in [1.82, 2.24) is 4.98 Å². The highest BCUT2D eigenvalue weighted by Crippen LogP contribution is 2.23. The molecule has 0 atom stereocenters. The van der Waals surface area contributed by atoms with Gasteiger partial charge in [-0.05, 0) is 29.8 Å². The Morgan fingerprint density at radius 2 is 2.21 bits per heavy atom. The van der Waals surface area contributed by atoms with Gasteiger partial charge in [-0.2, -0.15) is 0 Å². The van der Waals surface area contributed by atoms with Gasteiger partial charge in [0, 0.05) is 37.2 Å². The lowest BCUT2D eigenvalue weighted by atomic mass is 10.1. The number of nitrogens with one attached hydrogen (secondary N) is 1.